The van der Waals surface area contributed by atoms with Gasteiger partial charge in [-0.05, 0) is 30.9 Å². The Morgan fingerprint density at radius 3 is 2.71 bits per heavy atom. The van der Waals surface area contributed by atoms with E-state index in [0.717, 1.165) is 26.2 Å². The predicted molar refractivity (Wildman–Crippen MR) is 123 cm³/mol. The molecule has 1 saturated carbocycles. The molecule has 2 N–H and O–H groups in total. The number of nitrogens with zero attached hydrogens (tertiary/aromatic N) is 8. The highest BCUT2D eigenvalue weighted by atomic mass is 16.3. The van der Waals surface area contributed by atoms with Gasteiger partial charge in [0.1, 0.15) is 17.7 Å². The number of amides is 3. The van der Waals surface area contributed by atoms with Gasteiger partial charge in [-0.2, -0.15) is 0 Å². The summed E-state index contributed by atoms with van der Waals surface area (Å²) < 4.78 is 5.57. The molecular weight excluding hydrogens is 438 g/mol. The first-order valence-corrected chi connectivity index (χ1v) is 11.8. The Kier molecular flexibility index (Phi) is 5.06. The number of furan rings is 1. The van der Waals surface area contributed by atoms with Gasteiger partial charge >= 0.3 is 6.03 Å². The van der Waals surface area contributed by atoms with E-state index in [0.29, 0.717) is 48.4 Å². The van der Waals surface area contributed by atoms with Crippen LogP contribution < -0.4 is 5.84 Å². The first-order valence-electron chi connectivity index (χ1n) is 11.8. The molecule has 3 fully saturated rings. The van der Waals surface area contributed by atoms with Gasteiger partial charge in [0.2, 0.25) is 12.2 Å². The molecule has 0 spiro atoms. The molecule has 12 heteroatoms. The van der Waals surface area contributed by atoms with Gasteiger partial charge in [-0.15, -0.1) is 0 Å². The largest absolute Gasteiger partial charge is 0.463 e. The molecular formula is C22H29N9O3. The molecule has 1 aliphatic carbocycles. The van der Waals surface area contributed by atoms with E-state index in [1.165, 1.54) is 24.2 Å². The molecule has 5 aliphatic rings. The standard InChI is InChI=1S/C22H29N9O3/c1-26-22(33)29(11-8-27-6-9-28(10-7-27)17(32)13-15-4-5-15)21-25-20-19(31(21)26)18(24-14-30(20)23)16-3-2-12-34-16/h2-3,12,14-15,21H,4-11,13,23H2,1H3. The summed E-state index contributed by atoms with van der Waals surface area (Å²) >= 11 is 0. The van der Waals surface area contributed by atoms with Crippen LogP contribution in [-0.2, 0) is 4.79 Å². The van der Waals surface area contributed by atoms with Crippen LogP contribution in [0.3, 0.4) is 0 Å². The molecule has 0 aromatic carbocycles. The first kappa shape index (κ1) is 21.2. The molecule has 5 heterocycles. The smallest absolute Gasteiger partial charge is 0.341 e. The second-order valence-corrected chi connectivity index (χ2v) is 9.34. The van der Waals surface area contributed by atoms with Crippen LogP contribution in [0.1, 0.15) is 25.0 Å². The Labute approximate surface area is 197 Å². The number of carbonyl (C=O) groups excluding carboxylic acids is 2. The van der Waals surface area contributed by atoms with Gasteiger partial charge in [0.05, 0.1) is 6.26 Å². The molecule has 12 nitrogen and oxygen atoms in total. The van der Waals surface area contributed by atoms with Gasteiger partial charge < -0.3 is 9.32 Å². The SMILES string of the molecule is CN1C(=O)N(CCN2CCN(C(=O)CC3CC3)CC2)C2N=C3C(=C(c4ccco4)N=CN3N)N21. The fourth-order valence-corrected chi connectivity index (χ4v) is 4.94. The number of hydrogen-bond donors (Lipinski definition) is 1. The minimum absolute atomic E-state index is 0.129. The van der Waals surface area contributed by atoms with Gasteiger partial charge in [-0.1, -0.05) is 0 Å². The Morgan fingerprint density at radius 1 is 1.21 bits per heavy atom. The maximum atomic E-state index is 13.1. The minimum atomic E-state index is -0.526. The molecule has 1 aromatic rings. The lowest BCUT2D eigenvalue weighted by Crippen LogP contribution is -2.51. The van der Waals surface area contributed by atoms with Crippen LogP contribution in [0.5, 0.6) is 0 Å². The van der Waals surface area contributed by atoms with Crippen molar-refractivity contribution >= 4 is 29.8 Å². The third kappa shape index (κ3) is 3.53. The zero-order valence-electron chi connectivity index (χ0n) is 19.2. The van der Waals surface area contributed by atoms with Gasteiger partial charge in [0.25, 0.3) is 0 Å². The van der Waals surface area contributed by atoms with Crippen molar-refractivity contribution in [1.82, 2.24) is 29.7 Å². The quantitative estimate of drug-likeness (QED) is 0.602. The minimum Gasteiger partial charge on any atom is -0.463 e. The number of piperazine rings is 1. The maximum absolute atomic E-state index is 13.1. The molecule has 1 unspecified atom stereocenters. The summed E-state index contributed by atoms with van der Waals surface area (Å²) in [6.07, 6.45) is 5.64. The number of carbonyl (C=O) groups is 2. The second kappa shape index (κ2) is 8.13. The Morgan fingerprint density at radius 2 is 2.00 bits per heavy atom. The molecule has 180 valence electrons. The van der Waals surface area contributed by atoms with Crippen LogP contribution in [0.2, 0.25) is 0 Å². The van der Waals surface area contributed by atoms with Crippen molar-refractivity contribution in [2.75, 3.05) is 46.3 Å². The third-order valence-corrected chi connectivity index (χ3v) is 7.10. The molecule has 0 bridgehead atoms. The van der Waals surface area contributed by atoms with Crippen molar-refractivity contribution in [2.45, 2.75) is 25.6 Å². The number of nitrogens with two attached hydrogens (primary N) is 1. The summed E-state index contributed by atoms with van der Waals surface area (Å²) in [5.74, 6) is 8.15. The average molecular weight is 468 g/mol. The predicted octanol–water partition coefficient (Wildman–Crippen LogP) is 0.390. The van der Waals surface area contributed by atoms with Crippen LogP contribution in [0.15, 0.2) is 38.5 Å². The number of fused-ring (bicyclic) bond motifs is 3. The first-order chi connectivity index (χ1) is 16.5. The summed E-state index contributed by atoms with van der Waals surface area (Å²) in [6, 6.07) is 3.48. The van der Waals surface area contributed by atoms with Crippen LogP contribution in [-0.4, -0.2) is 106 Å². The van der Waals surface area contributed by atoms with E-state index in [-0.39, 0.29) is 11.9 Å². The summed E-state index contributed by atoms with van der Waals surface area (Å²) in [5.41, 5.74) is 1.23. The third-order valence-electron chi connectivity index (χ3n) is 7.10. The normalized spacial score (nSPS) is 24.9. The lowest BCUT2D eigenvalue weighted by Gasteiger charge is -2.35. The van der Waals surface area contributed by atoms with E-state index in [1.54, 1.807) is 29.3 Å². The van der Waals surface area contributed by atoms with Crippen molar-refractivity contribution in [3.63, 3.8) is 0 Å². The van der Waals surface area contributed by atoms with E-state index in [4.69, 9.17) is 15.3 Å². The maximum Gasteiger partial charge on any atom is 0.341 e. The average Bonchev–Trinajstić information content (AvgIpc) is 3.25. The number of urea groups is 1. The summed E-state index contributed by atoms with van der Waals surface area (Å²) in [4.78, 5) is 40.8. The lowest BCUT2D eigenvalue weighted by molar-refractivity contribution is -0.133. The fourth-order valence-electron chi connectivity index (χ4n) is 4.94. The molecule has 34 heavy (non-hydrogen) atoms. The number of aliphatic imine (C=N–C) groups is 2. The lowest BCUT2D eigenvalue weighted by atomic mass is 10.2. The topological polar surface area (TPSA) is 117 Å². The summed E-state index contributed by atoms with van der Waals surface area (Å²) in [5, 5.41) is 4.75. The summed E-state index contributed by atoms with van der Waals surface area (Å²) in [6.45, 7) is 4.36. The van der Waals surface area contributed by atoms with E-state index in [2.05, 4.69) is 9.89 Å². The van der Waals surface area contributed by atoms with Crippen LogP contribution in [0.25, 0.3) is 5.70 Å². The molecule has 1 atom stereocenters. The van der Waals surface area contributed by atoms with Gasteiger partial charge in [0.15, 0.2) is 11.6 Å². The zero-order valence-corrected chi connectivity index (χ0v) is 19.2. The molecule has 4 aliphatic heterocycles. The Balaban J connectivity index is 1.14. The summed E-state index contributed by atoms with van der Waals surface area (Å²) in [7, 11) is 1.73. The molecule has 6 rings (SSSR count). The van der Waals surface area contributed by atoms with Gasteiger partial charge in [-0.3, -0.25) is 14.6 Å². The number of hydrogen-bond acceptors (Lipinski definition) is 9. The number of hydrazine groups is 2. The van der Waals surface area contributed by atoms with Crippen LogP contribution in [0.4, 0.5) is 4.79 Å². The molecule has 0 radical (unpaired) electrons. The van der Waals surface area contributed by atoms with Gasteiger partial charge in [0, 0.05) is 52.7 Å². The second-order valence-electron chi connectivity index (χ2n) is 9.34. The highest BCUT2D eigenvalue weighted by Crippen LogP contribution is 2.38. The molecule has 3 amide bonds. The fraction of sp³-hybridized carbons (Fsp3) is 0.545. The molecule has 2 saturated heterocycles. The van der Waals surface area contributed by atoms with E-state index in [9.17, 15) is 9.59 Å². The zero-order chi connectivity index (χ0) is 23.4. The molecule has 1 aromatic heterocycles. The van der Waals surface area contributed by atoms with Crippen LogP contribution in [0, 0.1) is 5.92 Å². The van der Waals surface area contributed by atoms with Crippen molar-refractivity contribution in [2.24, 2.45) is 21.7 Å². The van der Waals surface area contributed by atoms with Crippen molar-refractivity contribution in [1.29, 1.82) is 0 Å². The van der Waals surface area contributed by atoms with Crippen molar-refractivity contribution in [3.8, 4) is 0 Å². The monoisotopic (exact) mass is 467 g/mol. The highest BCUT2D eigenvalue weighted by Gasteiger charge is 2.51. The number of amidine groups is 1. The van der Waals surface area contributed by atoms with E-state index < -0.39 is 6.29 Å². The van der Waals surface area contributed by atoms with Crippen LogP contribution >= 0.6 is 0 Å². The highest BCUT2D eigenvalue weighted by molar-refractivity contribution is 6.12. The van der Waals surface area contributed by atoms with Crippen molar-refractivity contribution < 1.29 is 14.0 Å². The van der Waals surface area contributed by atoms with Gasteiger partial charge in [-0.25, -0.2) is 35.6 Å². The van der Waals surface area contributed by atoms with E-state index >= 15 is 0 Å². The van der Waals surface area contributed by atoms with Crippen molar-refractivity contribution in [3.05, 3.63) is 29.9 Å². The number of rotatable bonds is 6. The Bertz CT molecular complexity index is 1070. The Hall–Kier alpha value is -3.38. The van der Waals surface area contributed by atoms with E-state index in [1.807, 2.05) is 16.0 Å².